The minimum atomic E-state index is 0.0000525. The molecule has 0 radical (unpaired) electrons. The van der Waals surface area contributed by atoms with E-state index in [1.165, 1.54) is 392 Å². The summed E-state index contributed by atoms with van der Waals surface area (Å²) in [6.45, 7) is 20.5. The molecule has 598 valence electrons. The van der Waals surface area contributed by atoms with E-state index in [4.69, 9.17) is 18.9 Å². The number of allylic oxidation sites excluding steroid dienone is 2. The van der Waals surface area contributed by atoms with Crippen LogP contribution in [0.3, 0.4) is 0 Å². The maximum absolute atomic E-state index is 11.8. The van der Waals surface area contributed by atoms with Crippen molar-refractivity contribution in [2.24, 2.45) is 0 Å². The van der Waals surface area contributed by atoms with Crippen LogP contribution in [0.4, 0.5) is 0 Å². The molecule has 0 aromatic heterocycles. The minimum Gasteiger partial charge on any atom is -0.466 e. The molecule has 0 amide bonds. The number of carbonyl (C=O) groups excluding carboxylic acids is 4. The normalized spacial score (nSPS) is 11.0. The maximum atomic E-state index is 11.8. The van der Waals surface area contributed by atoms with Gasteiger partial charge >= 0.3 is 23.9 Å². The summed E-state index contributed by atoms with van der Waals surface area (Å²) in [4.78, 5) is 46.3. The average Bonchev–Trinajstić information content (AvgIpc) is 3.77. The van der Waals surface area contributed by atoms with Crippen molar-refractivity contribution in [2.75, 3.05) is 26.4 Å². The summed E-state index contributed by atoms with van der Waals surface area (Å²) < 4.78 is 21.2. The molecule has 0 N–H and O–H groups in total. The van der Waals surface area contributed by atoms with E-state index in [2.05, 4.69) is 67.5 Å². The molecule has 0 rings (SSSR count). The summed E-state index contributed by atoms with van der Waals surface area (Å²) >= 11 is 0. The first kappa shape index (κ1) is 104. The Kier molecular flexibility index (Phi) is 105. The topological polar surface area (TPSA) is 105 Å². The molecule has 0 heterocycles. The van der Waals surface area contributed by atoms with Crippen molar-refractivity contribution in [1.29, 1.82) is 0 Å². The second kappa shape index (κ2) is 101. The fourth-order valence-corrected chi connectivity index (χ4v) is 12.7. The van der Waals surface area contributed by atoms with E-state index in [9.17, 15) is 19.2 Å². The van der Waals surface area contributed by atoms with Gasteiger partial charge in [0.05, 0.1) is 26.4 Å². The molecule has 0 aromatic carbocycles. The summed E-state index contributed by atoms with van der Waals surface area (Å²) in [5.41, 5.74) is 0. The van der Waals surface area contributed by atoms with Gasteiger partial charge in [-0.15, -0.1) is 0 Å². The highest BCUT2D eigenvalue weighted by atomic mass is 16.5. The average molecular weight is 1420 g/mol. The Hall–Kier alpha value is -2.38. The standard InChI is InChI=1S/C28H54O2.2C24H48O2.C16H32O2/c1-3-5-7-9-11-13-14-15-16-17-18-19-20-22-24-26-28(29)30-27-25-23-21-12-10-8-6-4-2;2*1-3-5-7-9-10-11-12-13-14-15-16-17-19-21-23-26-24(25)22-20-18-8-6-4-2;1-3-5-7-9-11-13-15-18-16(17)14-12-10-8-6-4-2/h15-16H,3-14,17-27H2,1-2H3;2*3-23H2,1-2H3;3-15H2,1-2H3/b16-15-;;;. The molecule has 8 nitrogen and oxygen atoms in total. The zero-order valence-corrected chi connectivity index (χ0v) is 69.6. The van der Waals surface area contributed by atoms with E-state index in [0.717, 1.165) is 57.8 Å². The number of esters is 4. The molecule has 0 spiro atoms. The Morgan fingerprint density at radius 2 is 0.280 bits per heavy atom. The number of hydrogen-bond acceptors (Lipinski definition) is 8. The molecule has 0 saturated carbocycles. The number of carbonyl (C=O) groups is 4. The summed E-state index contributed by atoms with van der Waals surface area (Å²) in [6.07, 6.45) is 97.7. The van der Waals surface area contributed by atoms with Crippen molar-refractivity contribution in [3.05, 3.63) is 12.2 Å². The lowest BCUT2D eigenvalue weighted by Gasteiger charge is -2.05. The van der Waals surface area contributed by atoms with Gasteiger partial charge in [0.2, 0.25) is 0 Å². The largest absolute Gasteiger partial charge is 0.466 e. The van der Waals surface area contributed by atoms with Gasteiger partial charge in [-0.25, -0.2) is 0 Å². The summed E-state index contributed by atoms with van der Waals surface area (Å²) in [5.74, 6) is 0.0306. The zero-order valence-electron chi connectivity index (χ0n) is 69.6. The zero-order chi connectivity index (χ0) is 73.7. The molecule has 100 heavy (non-hydrogen) atoms. The smallest absolute Gasteiger partial charge is 0.305 e. The van der Waals surface area contributed by atoms with Crippen molar-refractivity contribution in [3.63, 3.8) is 0 Å². The van der Waals surface area contributed by atoms with Crippen LogP contribution in [0.2, 0.25) is 0 Å². The van der Waals surface area contributed by atoms with Crippen LogP contribution in [0.5, 0.6) is 0 Å². The minimum absolute atomic E-state index is 0.0000525. The Labute approximate surface area is 627 Å². The lowest BCUT2D eigenvalue weighted by Crippen LogP contribution is -2.05. The number of rotatable bonds is 79. The van der Waals surface area contributed by atoms with Gasteiger partial charge in [-0.05, 0) is 77.0 Å². The molecule has 0 saturated heterocycles. The molecule has 0 fully saturated rings. The van der Waals surface area contributed by atoms with E-state index in [-0.39, 0.29) is 23.9 Å². The third-order valence-electron chi connectivity index (χ3n) is 19.6. The molecule has 0 unspecified atom stereocenters. The van der Waals surface area contributed by atoms with Crippen LogP contribution in [0.15, 0.2) is 12.2 Å². The van der Waals surface area contributed by atoms with Gasteiger partial charge in [-0.2, -0.15) is 0 Å². The molecule has 0 aromatic rings. The Balaban J connectivity index is -0.000000623. The second-order valence-electron chi connectivity index (χ2n) is 30.1. The summed E-state index contributed by atoms with van der Waals surface area (Å²) in [7, 11) is 0. The maximum Gasteiger partial charge on any atom is 0.305 e. The molecule has 0 aliphatic carbocycles. The van der Waals surface area contributed by atoms with Crippen LogP contribution >= 0.6 is 0 Å². The van der Waals surface area contributed by atoms with Crippen molar-refractivity contribution in [2.45, 2.75) is 531 Å². The third-order valence-corrected chi connectivity index (χ3v) is 19.6. The van der Waals surface area contributed by atoms with E-state index < -0.39 is 0 Å². The molecule has 0 atom stereocenters. The highest BCUT2D eigenvalue weighted by Gasteiger charge is 2.07. The predicted octanol–water partition coefficient (Wildman–Crippen LogP) is 31.7. The quantitative estimate of drug-likeness (QED) is 0.0257. The van der Waals surface area contributed by atoms with Gasteiger partial charge in [-0.1, -0.05) is 440 Å². The fraction of sp³-hybridized carbons (Fsp3) is 0.935. The van der Waals surface area contributed by atoms with Crippen molar-refractivity contribution >= 4 is 23.9 Å². The first-order chi connectivity index (χ1) is 49.2. The van der Waals surface area contributed by atoms with Crippen molar-refractivity contribution in [1.82, 2.24) is 0 Å². The van der Waals surface area contributed by atoms with E-state index >= 15 is 0 Å². The highest BCUT2D eigenvalue weighted by molar-refractivity contribution is 5.70. The van der Waals surface area contributed by atoms with Gasteiger partial charge < -0.3 is 18.9 Å². The van der Waals surface area contributed by atoms with Gasteiger partial charge in [0.15, 0.2) is 0 Å². The SMILES string of the molecule is CCCCCCCC/C=C\CCCCCCCC(=O)OCCCCCCCCCC.CCCCCCCCCCCCCCCCOC(=O)CCCCCCC.CCCCCCCCCCCCCCCCOC(=O)CCCCCCC.CCCCCCCCOC(=O)CCCCCCC. The molecule has 0 bridgehead atoms. The van der Waals surface area contributed by atoms with Gasteiger partial charge in [0.25, 0.3) is 0 Å². The van der Waals surface area contributed by atoms with Crippen LogP contribution in [-0.2, 0) is 38.1 Å². The Morgan fingerprint density at radius 3 is 0.430 bits per heavy atom. The lowest BCUT2D eigenvalue weighted by atomic mass is 10.0. The summed E-state index contributed by atoms with van der Waals surface area (Å²) in [6, 6.07) is 0. The van der Waals surface area contributed by atoms with Crippen molar-refractivity contribution < 1.29 is 38.1 Å². The van der Waals surface area contributed by atoms with Gasteiger partial charge in [0, 0.05) is 25.7 Å². The highest BCUT2D eigenvalue weighted by Crippen LogP contribution is 2.18. The molecular weight excluding hydrogens is 1230 g/mol. The molecule has 0 aliphatic rings. The Bertz CT molecular complexity index is 1470. The van der Waals surface area contributed by atoms with Crippen LogP contribution in [0.1, 0.15) is 531 Å². The molecular formula is C92H182O8. The van der Waals surface area contributed by atoms with Gasteiger partial charge in [0.1, 0.15) is 0 Å². The third kappa shape index (κ3) is 107. The summed E-state index contributed by atoms with van der Waals surface area (Å²) in [5, 5.41) is 0. The number of ether oxygens (including phenoxy) is 4. The van der Waals surface area contributed by atoms with E-state index in [1.807, 2.05) is 0 Å². The monoisotopic (exact) mass is 1420 g/mol. The first-order valence-electron chi connectivity index (χ1n) is 45.5. The predicted molar refractivity (Wildman–Crippen MR) is 440 cm³/mol. The van der Waals surface area contributed by atoms with E-state index in [0.29, 0.717) is 52.1 Å². The fourth-order valence-electron chi connectivity index (χ4n) is 12.7. The number of unbranched alkanes of at least 4 members (excludes halogenated alkanes) is 61. The second-order valence-corrected chi connectivity index (χ2v) is 30.1. The van der Waals surface area contributed by atoms with E-state index in [1.54, 1.807) is 0 Å². The lowest BCUT2D eigenvalue weighted by molar-refractivity contribution is -0.144. The van der Waals surface area contributed by atoms with Crippen LogP contribution in [0.25, 0.3) is 0 Å². The Morgan fingerprint density at radius 1 is 0.160 bits per heavy atom. The van der Waals surface area contributed by atoms with Gasteiger partial charge in [-0.3, -0.25) is 19.2 Å². The van der Waals surface area contributed by atoms with Crippen LogP contribution in [0, 0.1) is 0 Å². The van der Waals surface area contributed by atoms with Crippen molar-refractivity contribution in [3.8, 4) is 0 Å². The van der Waals surface area contributed by atoms with Crippen LogP contribution < -0.4 is 0 Å². The molecule has 0 aliphatic heterocycles. The molecule has 8 heteroatoms. The first-order valence-corrected chi connectivity index (χ1v) is 45.5. The van der Waals surface area contributed by atoms with Crippen LogP contribution in [-0.4, -0.2) is 50.3 Å². The number of hydrogen-bond donors (Lipinski definition) is 0.